The third kappa shape index (κ3) is 5.57. The summed E-state index contributed by atoms with van der Waals surface area (Å²) in [5.41, 5.74) is 3.52. The number of nitrogens with one attached hydrogen (secondary N) is 4. The molecule has 3 rings (SSSR count). The van der Waals surface area contributed by atoms with Gasteiger partial charge in [0.15, 0.2) is 0 Å². The van der Waals surface area contributed by atoms with Crippen LogP contribution in [0.15, 0.2) is 42.5 Å². The molecule has 0 bridgehead atoms. The molecule has 7 heteroatoms. The van der Waals surface area contributed by atoms with Gasteiger partial charge in [-0.05, 0) is 68.7 Å². The molecule has 4 N–H and O–H groups in total. The van der Waals surface area contributed by atoms with Crippen LogP contribution in [0.1, 0.15) is 35.7 Å². The van der Waals surface area contributed by atoms with Crippen molar-refractivity contribution >= 4 is 34.8 Å². The predicted molar refractivity (Wildman–Crippen MR) is 114 cm³/mol. The zero-order chi connectivity index (χ0) is 20.8. The van der Waals surface area contributed by atoms with E-state index in [2.05, 4.69) is 21.3 Å². The van der Waals surface area contributed by atoms with E-state index in [0.717, 1.165) is 24.1 Å². The minimum atomic E-state index is -0.202. The molecule has 1 saturated carbocycles. The van der Waals surface area contributed by atoms with Gasteiger partial charge in [0.2, 0.25) is 11.8 Å². The van der Waals surface area contributed by atoms with Gasteiger partial charge in [-0.1, -0.05) is 6.07 Å². The molecule has 0 spiro atoms. The molecule has 152 valence electrons. The Bertz CT molecular complexity index is 905. The zero-order valence-corrected chi connectivity index (χ0v) is 16.7. The summed E-state index contributed by atoms with van der Waals surface area (Å²) in [6, 6.07) is 12.4. The number of rotatable bonds is 8. The van der Waals surface area contributed by atoms with Crippen molar-refractivity contribution in [2.24, 2.45) is 5.92 Å². The molecule has 0 unspecified atom stereocenters. The van der Waals surface area contributed by atoms with E-state index < -0.39 is 0 Å². The summed E-state index contributed by atoms with van der Waals surface area (Å²) in [5, 5.41) is 11.6. The number of hydrogen-bond acceptors (Lipinski definition) is 4. The molecule has 29 heavy (non-hydrogen) atoms. The lowest BCUT2D eigenvalue weighted by Gasteiger charge is -2.14. The van der Waals surface area contributed by atoms with Gasteiger partial charge in [-0.15, -0.1) is 0 Å². The van der Waals surface area contributed by atoms with Crippen LogP contribution in [-0.4, -0.2) is 30.8 Å². The average molecular weight is 394 g/mol. The molecule has 2 aromatic rings. The van der Waals surface area contributed by atoms with E-state index in [-0.39, 0.29) is 30.2 Å². The molecular formula is C22H26N4O3. The second kappa shape index (κ2) is 9.23. The maximum atomic E-state index is 12.3. The van der Waals surface area contributed by atoms with Crippen LogP contribution in [0.4, 0.5) is 17.1 Å². The largest absolute Gasteiger partial charge is 0.376 e. The summed E-state index contributed by atoms with van der Waals surface area (Å²) >= 11 is 0. The summed E-state index contributed by atoms with van der Waals surface area (Å²) in [5.74, 6) is -0.168. The SMILES string of the molecule is CCNC(=O)c1ccc(NCC(=O)Nc2cccc(NC(=O)C3CC3)c2C)cc1. The molecule has 1 aliphatic rings. The molecule has 1 aliphatic carbocycles. The first-order valence-electron chi connectivity index (χ1n) is 9.80. The summed E-state index contributed by atoms with van der Waals surface area (Å²) in [6.07, 6.45) is 1.88. The van der Waals surface area contributed by atoms with Crippen LogP contribution in [0, 0.1) is 12.8 Å². The molecule has 0 heterocycles. The lowest BCUT2D eigenvalue weighted by molar-refractivity contribution is -0.117. The number of anilines is 3. The molecule has 2 aromatic carbocycles. The first-order valence-corrected chi connectivity index (χ1v) is 9.80. The monoisotopic (exact) mass is 394 g/mol. The molecule has 0 aromatic heterocycles. The van der Waals surface area contributed by atoms with Crippen LogP contribution in [0.25, 0.3) is 0 Å². The van der Waals surface area contributed by atoms with E-state index in [0.29, 0.717) is 23.5 Å². The van der Waals surface area contributed by atoms with Crippen molar-refractivity contribution in [3.8, 4) is 0 Å². The van der Waals surface area contributed by atoms with Gasteiger partial charge >= 0.3 is 0 Å². The summed E-state index contributed by atoms with van der Waals surface area (Å²) in [6.45, 7) is 4.39. The lowest BCUT2D eigenvalue weighted by atomic mass is 10.1. The van der Waals surface area contributed by atoms with Gasteiger partial charge < -0.3 is 21.3 Å². The molecular weight excluding hydrogens is 368 g/mol. The topological polar surface area (TPSA) is 99.3 Å². The first-order chi connectivity index (χ1) is 14.0. The highest BCUT2D eigenvalue weighted by Crippen LogP contribution is 2.31. The van der Waals surface area contributed by atoms with Crippen molar-refractivity contribution < 1.29 is 14.4 Å². The Kier molecular flexibility index (Phi) is 6.49. The van der Waals surface area contributed by atoms with Crippen molar-refractivity contribution in [2.75, 3.05) is 29.0 Å². The van der Waals surface area contributed by atoms with Crippen LogP contribution in [0.3, 0.4) is 0 Å². The van der Waals surface area contributed by atoms with Crippen molar-refractivity contribution in [1.82, 2.24) is 5.32 Å². The molecule has 0 atom stereocenters. The predicted octanol–water partition coefficient (Wildman–Crippen LogP) is 3.14. The van der Waals surface area contributed by atoms with Gasteiger partial charge in [0.1, 0.15) is 0 Å². The number of benzene rings is 2. The minimum Gasteiger partial charge on any atom is -0.376 e. The highest BCUT2D eigenvalue weighted by Gasteiger charge is 2.29. The molecule has 7 nitrogen and oxygen atoms in total. The normalized spacial score (nSPS) is 12.8. The van der Waals surface area contributed by atoms with Crippen molar-refractivity contribution in [2.45, 2.75) is 26.7 Å². The Hall–Kier alpha value is -3.35. The Morgan fingerprint density at radius 1 is 0.966 bits per heavy atom. The van der Waals surface area contributed by atoms with Crippen LogP contribution >= 0.6 is 0 Å². The van der Waals surface area contributed by atoms with Gasteiger partial charge in [0.05, 0.1) is 6.54 Å². The Labute approximate surface area is 170 Å². The van der Waals surface area contributed by atoms with E-state index in [9.17, 15) is 14.4 Å². The van der Waals surface area contributed by atoms with Gasteiger partial charge in [-0.25, -0.2) is 0 Å². The smallest absolute Gasteiger partial charge is 0.251 e. The number of amides is 3. The van der Waals surface area contributed by atoms with Crippen LogP contribution in [0.2, 0.25) is 0 Å². The van der Waals surface area contributed by atoms with Crippen molar-refractivity contribution in [1.29, 1.82) is 0 Å². The maximum absolute atomic E-state index is 12.3. The molecule has 0 radical (unpaired) electrons. The van der Waals surface area contributed by atoms with Crippen LogP contribution in [0.5, 0.6) is 0 Å². The highest BCUT2D eigenvalue weighted by atomic mass is 16.2. The summed E-state index contributed by atoms with van der Waals surface area (Å²) in [7, 11) is 0. The van der Waals surface area contributed by atoms with Gasteiger partial charge in [0, 0.05) is 35.1 Å². The molecule has 0 saturated heterocycles. The fourth-order valence-electron chi connectivity index (χ4n) is 2.87. The quantitative estimate of drug-likeness (QED) is 0.553. The Balaban J connectivity index is 1.54. The second-order valence-corrected chi connectivity index (χ2v) is 7.08. The zero-order valence-electron chi connectivity index (χ0n) is 16.7. The molecule has 0 aliphatic heterocycles. The van der Waals surface area contributed by atoms with Crippen molar-refractivity contribution in [3.05, 3.63) is 53.6 Å². The number of carbonyl (C=O) groups excluding carboxylic acids is 3. The fourth-order valence-corrected chi connectivity index (χ4v) is 2.87. The van der Waals surface area contributed by atoms with E-state index in [4.69, 9.17) is 0 Å². The van der Waals surface area contributed by atoms with Gasteiger partial charge in [-0.2, -0.15) is 0 Å². The van der Waals surface area contributed by atoms with E-state index in [1.807, 2.05) is 19.9 Å². The lowest BCUT2D eigenvalue weighted by Crippen LogP contribution is -2.23. The average Bonchev–Trinajstić information content (AvgIpc) is 3.55. The second-order valence-electron chi connectivity index (χ2n) is 7.08. The standard InChI is InChI=1S/C22H26N4O3/c1-3-23-21(28)15-9-11-17(12-10-15)24-13-20(27)25-18-5-4-6-19(14(18)2)26-22(29)16-7-8-16/h4-6,9-12,16,24H,3,7-8,13H2,1-2H3,(H,23,28)(H,25,27)(H,26,29). The van der Waals surface area contributed by atoms with E-state index >= 15 is 0 Å². The van der Waals surface area contributed by atoms with Gasteiger partial charge in [0.25, 0.3) is 5.91 Å². The first kappa shape index (κ1) is 20.4. The van der Waals surface area contributed by atoms with Gasteiger partial charge in [-0.3, -0.25) is 14.4 Å². The van der Waals surface area contributed by atoms with E-state index in [1.165, 1.54) is 0 Å². The molecule has 3 amide bonds. The van der Waals surface area contributed by atoms with E-state index in [1.54, 1.807) is 36.4 Å². The highest BCUT2D eigenvalue weighted by molar-refractivity contribution is 5.98. The summed E-state index contributed by atoms with van der Waals surface area (Å²) < 4.78 is 0. The van der Waals surface area contributed by atoms with Crippen LogP contribution in [-0.2, 0) is 9.59 Å². The molecule has 1 fully saturated rings. The Morgan fingerprint density at radius 3 is 2.24 bits per heavy atom. The number of carbonyl (C=O) groups is 3. The third-order valence-electron chi connectivity index (χ3n) is 4.75. The summed E-state index contributed by atoms with van der Waals surface area (Å²) in [4.78, 5) is 36.1. The fraction of sp³-hybridized carbons (Fsp3) is 0.318. The number of hydrogen-bond donors (Lipinski definition) is 4. The third-order valence-corrected chi connectivity index (χ3v) is 4.75. The minimum absolute atomic E-state index is 0.0364. The van der Waals surface area contributed by atoms with Crippen molar-refractivity contribution in [3.63, 3.8) is 0 Å². The Morgan fingerprint density at radius 2 is 1.62 bits per heavy atom. The van der Waals surface area contributed by atoms with Crippen LogP contribution < -0.4 is 21.3 Å². The maximum Gasteiger partial charge on any atom is 0.251 e.